The minimum atomic E-state index is -0.638. The Balaban J connectivity index is 2.71. The number of urea groups is 1. The Morgan fingerprint density at radius 2 is 1.90 bits per heavy atom. The summed E-state index contributed by atoms with van der Waals surface area (Å²) >= 11 is 0. The smallest absolute Gasteiger partial charge is 0.328 e. The standard InChI is InChI=1S/C16H24N2O3/c1-10(2)8-14(15(19)21-5)18-16(20)17-13-7-6-11(3)9-12(13)4/h6-7,9-10,14H,8H2,1-5H3,(H2,17,18,20)/t14-/m1/s1. The van der Waals surface area contributed by atoms with Gasteiger partial charge in [0.1, 0.15) is 6.04 Å². The van der Waals surface area contributed by atoms with E-state index in [0.29, 0.717) is 6.42 Å². The van der Waals surface area contributed by atoms with Crippen LogP contribution in [-0.4, -0.2) is 25.2 Å². The molecule has 0 saturated carbocycles. The Kier molecular flexibility index (Phi) is 6.21. The summed E-state index contributed by atoms with van der Waals surface area (Å²) in [6.07, 6.45) is 0.535. The number of benzene rings is 1. The second-order valence-corrected chi connectivity index (χ2v) is 5.62. The maximum atomic E-state index is 12.0. The van der Waals surface area contributed by atoms with Gasteiger partial charge >= 0.3 is 12.0 Å². The molecule has 5 nitrogen and oxygen atoms in total. The van der Waals surface area contributed by atoms with Crippen molar-refractivity contribution in [3.8, 4) is 0 Å². The van der Waals surface area contributed by atoms with Crippen LogP contribution < -0.4 is 10.6 Å². The molecule has 0 aliphatic heterocycles. The lowest BCUT2D eigenvalue weighted by atomic mass is 10.0. The summed E-state index contributed by atoms with van der Waals surface area (Å²) in [5, 5.41) is 5.43. The third-order valence-electron chi connectivity index (χ3n) is 3.13. The van der Waals surface area contributed by atoms with E-state index in [9.17, 15) is 9.59 Å². The van der Waals surface area contributed by atoms with E-state index in [1.165, 1.54) is 7.11 Å². The van der Waals surface area contributed by atoms with Crippen LogP contribution in [0.3, 0.4) is 0 Å². The number of amides is 2. The molecule has 0 spiro atoms. The molecule has 2 amide bonds. The lowest BCUT2D eigenvalue weighted by Gasteiger charge is -2.19. The predicted molar refractivity (Wildman–Crippen MR) is 83.3 cm³/mol. The van der Waals surface area contributed by atoms with Gasteiger partial charge in [0, 0.05) is 5.69 Å². The highest BCUT2D eigenvalue weighted by Crippen LogP contribution is 2.16. The fraction of sp³-hybridized carbons (Fsp3) is 0.500. The van der Waals surface area contributed by atoms with Crippen molar-refractivity contribution in [1.29, 1.82) is 0 Å². The first kappa shape index (κ1) is 17.0. The normalized spacial score (nSPS) is 11.9. The third-order valence-corrected chi connectivity index (χ3v) is 3.13. The van der Waals surface area contributed by atoms with Crippen LogP contribution in [0.15, 0.2) is 18.2 Å². The van der Waals surface area contributed by atoms with Crippen molar-refractivity contribution in [2.24, 2.45) is 5.92 Å². The monoisotopic (exact) mass is 292 g/mol. The number of carbonyl (C=O) groups is 2. The number of anilines is 1. The maximum Gasteiger partial charge on any atom is 0.328 e. The van der Waals surface area contributed by atoms with Crippen molar-refractivity contribution in [1.82, 2.24) is 5.32 Å². The summed E-state index contributed by atoms with van der Waals surface area (Å²) in [5.74, 6) is -0.157. The molecule has 5 heteroatoms. The second kappa shape index (κ2) is 7.67. The van der Waals surface area contributed by atoms with E-state index in [2.05, 4.69) is 10.6 Å². The summed E-state index contributed by atoms with van der Waals surface area (Å²) in [4.78, 5) is 23.7. The average molecular weight is 292 g/mol. The molecule has 0 unspecified atom stereocenters. The van der Waals surface area contributed by atoms with Crippen LogP contribution in [0.2, 0.25) is 0 Å². The molecule has 1 aromatic carbocycles. The Bertz CT molecular complexity index is 512. The maximum absolute atomic E-state index is 12.0. The van der Waals surface area contributed by atoms with Gasteiger partial charge in [-0.25, -0.2) is 9.59 Å². The molecule has 0 fully saturated rings. The van der Waals surface area contributed by atoms with Crippen LogP contribution in [0.25, 0.3) is 0 Å². The van der Waals surface area contributed by atoms with Crippen molar-refractivity contribution in [2.75, 3.05) is 12.4 Å². The van der Waals surface area contributed by atoms with Gasteiger partial charge in [-0.2, -0.15) is 0 Å². The van der Waals surface area contributed by atoms with E-state index in [1.54, 1.807) is 0 Å². The molecule has 0 aromatic heterocycles. The predicted octanol–water partition coefficient (Wildman–Crippen LogP) is 3.01. The van der Waals surface area contributed by atoms with Crippen molar-refractivity contribution < 1.29 is 14.3 Å². The first-order valence-corrected chi connectivity index (χ1v) is 7.06. The number of carbonyl (C=O) groups excluding carboxylic acids is 2. The van der Waals surface area contributed by atoms with Crippen LogP contribution in [0.5, 0.6) is 0 Å². The molecule has 116 valence electrons. The number of esters is 1. The van der Waals surface area contributed by atoms with E-state index in [-0.39, 0.29) is 5.92 Å². The summed E-state index contributed by atoms with van der Waals surface area (Å²) in [6.45, 7) is 7.89. The van der Waals surface area contributed by atoms with Crippen LogP contribution in [0.1, 0.15) is 31.4 Å². The average Bonchev–Trinajstić information content (AvgIpc) is 2.39. The highest BCUT2D eigenvalue weighted by Gasteiger charge is 2.22. The summed E-state index contributed by atoms with van der Waals surface area (Å²) in [7, 11) is 1.32. The van der Waals surface area contributed by atoms with Gasteiger partial charge in [-0.3, -0.25) is 0 Å². The molecule has 0 saturated heterocycles. The largest absolute Gasteiger partial charge is 0.467 e. The summed E-state index contributed by atoms with van der Waals surface area (Å²) < 4.78 is 4.72. The van der Waals surface area contributed by atoms with Crippen molar-refractivity contribution in [3.63, 3.8) is 0 Å². The number of hydrogen-bond acceptors (Lipinski definition) is 3. The van der Waals surface area contributed by atoms with Crippen LogP contribution in [0, 0.1) is 19.8 Å². The lowest BCUT2D eigenvalue weighted by Crippen LogP contribution is -2.44. The highest BCUT2D eigenvalue weighted by atomic mass is 16.5. The number of hydrogen-bond donors (Lipinski definition) is 2. The fourth-order valence-electron chi connectivity index (χ4n) is 2.10. The zero-order chi connectivity index (χ0) is 16.0. The Morgan fingerprint density at radius 3 is 2.43 bits per heavy atom. The van der Waals surface area contributed by atoms with E-state index < -0.39 is 18.0 Å². The zero-order valence-corrected chi connectivity index (χ0v) is 13.3. The second-order valence-electron chi connectivity index (χ2n) is 5.62. The summed E-state index contributed by atoms with van der Waals surface area (Å²) in [5.41, 5.74) is 2.83. The van der Waals surface area contributed by atoms with Gasteiger partial charge in [-0.15, -0.1) is 0 Å². The zero-order valence-electron chi connectivity index (χ0n) is 13.3. The molecule has 0 bridgehead atoms. The quantitative estimate of drug-likeness (QED) is 0.820. The summed E-state index contributed by atoms with van der Waals surface area (Å²) in [6, 6.07) is 4.72. The molecule has 1 rings (SSSR count). The molecule has 0 aliphatic carbocycles. The van der Waals surface area contributed by atoms with E-state index in [1.807, 2.05) is 45.9 Å². The van der Waals surface area contributed by atoms with Crippen LogP contribution >= 0.6 is 0 Å². The number of methoxy groups -OCH3 is 1. The third kappa shape index (κ3) is 5.45. The van der Waals surface area contributed by atoms with Gasteiger partial charge in [0.2, 0.25) is 0 Å². The van der Waals surface area contributed by atoms with Crippen molar-refractivity contribution in [3.05, 3.63) is 29.3 Å². The van der Waals surface area contributed by atoms with Crippen molar-refractivity contribution in [2.45, 2.75) is 40.2 Å². The van der Waals surface area contributed by atoms with E-state index in [4.69, 9.17) is 4.74 Å². The minimum absolute atomic E-state index is 0.274. The minimum Gasteiger partial charge on any atom is -0.467 e. The molecular weight excluding hydrogens is 268 g/mol. The molecule has 1 aromatic rings. The first-order chi connectivity index (χ1) is 9.83. The highest BCUT2D eigenvalue weighted by molar-refractivity contribution is 5.93. The first-order valence-electron chi connectivity index (χ1n) is 7.06. The van der Waals surface area contributed by atoms with Crippen LogP contribution in [0.4, 0.5) is 10.5 Å². The Hall–Kier alpha value is -2.04. The van der Waals surface area contributed by atoms with Gasteiger partial charge in [-0.1, -0.05) is 31.5 Å². The van der Waals surface area contributed by atoms with E-state index in [0.717, 1.165) is 16.8 Å². The molecule has 0 heterocycles. The van der Waals surface area contributed by atoms with Gasteiger partial charge in [0.15, 0.2) is 0 Å². The van der Waals surface area contributed by atoms with Crippen molar-refractivity contribution >= 4 is 17.7 Å². The Morgan fingerprint density at radius 1 is 1.24 bits per heavy atom. The topological polar surface area (TPSA) is 67.4 Å². The molecule has 1 atom stereocenters. The Labute approximate surface area is 126 Å². The molecule has 0 aliphatic rings. The van der Waals surface area contributed by atoms with Gasteiger partial charge in [-0.05, 0) is 37.8 Å². The van der Waals surface area contributed by atoms with Gasteiger partial charge in [0.25, 0.3) is 0 Å². The number of ether oxygens (including phenoxy) is 1. The van der Waals surface area contributed by atoms with E-state index >= 15 is 0 Å². The lowest BCUT2D eigenvalue weighted by molar-refractivity contribution is -0.143. The van der Waals surface area contributed by atoms with Crippen LogP contribution in [-0.2, 0) is 9.53 Å². The van der Waals surface area contributed by atoms with Gasteiger partial charge < -0.3 is 15.4 Å². The number of aryl methyl sites for hydroxylation is 2. The number of nitrogens with one attached hydrogen (secondary N) is 2. The molecular formula is C16H24N2O3. The molecule has 21 heavy (non-hydrogen) atoms. The number of rotatable bonds is 5. The van der Waals surface area contributed by atoms with Gasteiger partial charge in [0.05, 0.1) is 7.11 Å². The fourth-order valence-corrected chi connectivity index (χ4v) is 2.10. The SMILES string of the molecule is COC(=O)[C@@H](CC(C)C)NC(=O)Nc1ccc(C)cc1C. The molecule has 0 radical (unpaired) electrons. The molecule has 2 N–H and O–H groups in total.